The summed E-state index contributed by atoms with van der Waals surface area (Å²) >= 11 is 3.46. The minimum atomic E-state index is -3.37. The van der Waals surface area contributed by atoms with Crippen LogP contribution in [0.15, 0.2) is 11.0 Å². The highest BCUT2D eigenvalue weighted by molar-refractivity contribution is 7.99. The van der Waals surface area contributed by atoms with E-state index in [9.17, 15) is 8.42 Å². The fraction of sp³-hybridized carbons (Fsp3) is 0.714. The second-order valence-corrected chi connectivity index (χ2v) is 9.98. The maximum Gasteiger partial charge on any atom is 0.241 e. The molecule has 0 spiro atoms. The normalized spacial score (nSPS) is 19.5. The van der Waals surface area contributed by atoms with E-state index in [1.807, 2.05) is 18.7 Å². The Morgan fingerprint density at radius 1 is 1.43 bits per heavy atom. The second-order valence-electron chi connectivity index (χ2n) is 5.75. The number of sulfonamides is 1. The molecule has 1 saturated heterocycles. The summed E-state index contributed by atoms with van der Waals surface area (Å²) in [5.41, 5.74) is 0. The average molecular weight is 349 g/mol. The molecule has 1 aromatic heterocycles. The standard InChI is InChI=1S/C14H24N2O2S3/c1-10(2)15-8-13-6-14(11(3)20-13)21(17,18)16-7-12-4-5-19-9-12/h6,10,12,15-16H,4-5,7-9H2,1-3H3. The van der Waals surface area contributed by atoms with Crippen LogP contribution in [0.1, 0.15) is 30.0 Å². The van der Waals surface area contributed by atoms with Gasteiger partial charge in [-0.1, -0.05) is 13.8 Å². The molecule has 7 heteroatoms. The molecule has 1 aliphatic rings. The van der Waals surface area contributed by atoms with Gasteiger partial charge >= 0.3 is 0 Å². The Hall–Kier alpha value is -0.0800. The van der Waals surface area contributed by atoms with Gasteiger partial charge in [0.25, 0.3) is 0 Å². The molecule has 4 nitrogen and oxygen atoms in total. The maximum absolute atomic E-state index is 12.4. The zero-order chi connectivity index (χ0) is 15.5. The highest BCUT2D eigenvalue weighted by Crippen LogP contribution is 2.27. The first-order chi connectivity index (χ1) is 9.88. The highest BCUT2D eigenvalue weighted by atomic mass is 32.2. The van der Waals surface area contributed by atoms with Gasteiger partial charge in [0.15, 0.2) is 0 Å². The lowest BCUT2D eigenvalue weighted by Crippen LogP contribution is -2.29. The van der Waals surface area contributed by atoms with Crippen molar-refractivity contribution in [1.29, 1.82) is 0 Å². The molecule has 0 saturated carbocycles. The van der Waals surface area contributed by atoms with E-state index in [4.69, 9.17) is 0 Å². The van der Waals surface area contributed by atoms with Crippen molar-refractivity contribution in [2.24, 2.45) is 5.92 Å². The Morgan fingerprint density at radius 2 is 2.19 bits per heavy atom. The summed E-state index contributed by atoms with van der Waals surface area (Å²) < 4.78 is 27.6. The second kappa shape index (κ2) is 7.46. The lowest BCUT2D eigenvalue weighted by atomic mass is 10.1. The van der Waals surface area contributed by atoms with Crippen LogP contribution >= 0.6 is 23.1 Å². The molecule has 0 amide bonds. The number of nitrogens with one attached hydrogen (secondary N) is 2. The number of hydrogen-bond acceptors (Lipinski definition) is 5. The predicted octanol–water partition coefficient (Wildman–Crippen LogP) is 2.59. The molecule has 2 N–H and O–H groups in total. The van der Waals surface area contributed by atoms with Gasteiger partial charge in [0.1, 0.15) is 0 Å². The maximum atomic E-state index is 12.4. The number of thioether (sulfide) groups is 1. The number of rotatable bonds is 7. The Balaban J connectivity index is 2.01. The third-order valence-corrected chi connectivity index (χ3v) is 7.44. The third-order valence-electron chi connectivity index (χ3n) is 3.48. The first kappa shape index (κ1) is 17.3. The van der Waals surface area contributed by atoms with Gasteiger partial charge in [-0.15, -0.1) is 11.3 Å². The van der Waals surface area contributed by atoms with Crippen LogP contribution < -0.4 is 10.0 Å². The smallest absolute Gasteiger partial charge is 0.241 e. The summed E-state index contributed by atoms with van der Waals surface area (Å²) in [6.45, 7) is 7.32. The third kappa shape index (κ3) is 4.96. The van der Waals surface area contributed by atoms with Crippen LogP contribution in [0, 0.1) is 12.8 Å². The molecule has 2 rings (SSSR count). The molecular formula is C14H24N2O2S3. The summed E-state index contributed by atoms with van der Waals surface area (Å²) in [7, 11) is -3.37. The van der Waals surface area contributed by atoms with Crippen LogP contribution in [0.4, 0.5) is 0 Å². The molecule has 0 aliphatic carbocycles. The van der Waals surface area contributed by atoms with Crippen LogP contribution in [0.2, 0.25) is 0 Å². The van der Waals surface area contributed by atoms with E-state index in [2.05, 4.69) is 23.9 Å². The van der Waals surface area contributed by atoms with Gasteiger partial charge in [0.05, 0.1) is 4.90 Å². The highest BCUT2D eigenvalue weighted by Gasteiger charge is 2.23. The van der Waals surface area contributed by atoms with E-state index in [0.29, 0.717) is 23.4 Å². The van der Waals surface area contributed by atoms with Gasteiger partial charge in [0.2, 0.25) is 10.0 Å². The molecule has 21 heavy (non-hydrogen) atoms. The van der Waals surface area contributed by atoms with Crippen molar-refractivity contribution in [3.05, 3.63) is 15.8 Å². The Kier molecular flexibility index (Phi) is 6.14. The molecule has 0 bridgehead atoms. The molecule has 1 aliphatic heterocycles. The average Bonchev–Trinajstić information content (AvgIpc) is 3.03. The summed E-state index contributed by atoms with van der Waals surface area (Å²) in [4.78, 5) is 2.38. The van der Waals surface area contributed by atoms with Gasteiger partial charge in [-0.2, -0.15) is 11.8 Å². The number of aryl methyl sites for hydroxylation is 1. The van der Waals surface area contributed by atoms with Crippen LogP contribution in [0.25, 0.3) is 0 Å². The fourth-order valence-corrected chi connectivity index (χ4v) is 6.22. The van der Waals surface area contributed by atoms with Crippen molar-refractivity contribution in [1.82, 2.24) is 10.0 Å². The van der Waals surface area contributed by atoms with E-state index in [-0.39, 0.29) is 0 Å². The minimum absolute atomic E-state index is 0.394. The molecule has 0 aromatic carbocycles. The Bertz CT molecular complexity index is 561. The topological polar surface area (TPSA) is 58.2 Å². The van der Waals surface area contributed by atoms with Gasteiger partial charge < -0.3 is 5.32 Å². The number of thiophene rings is 1. The van der Waals surface area contributed by atoms with Crippen molar-refractivity contribution in [2.45, 2.75) is 44.7 Å². The lowest BCUT2D eigenvalue weighted by Gasteiger charge is -2.10. The molecule has 1 atom stereocenters. The van der Waals surface area contributed by atoms with Gasteiger partial charge in [0, 0.05) is 28.9 Å². The SMILES string of the molecule is Cc1sc(CNC(C)C)cc1S(=O)(=O)NCC1CCSC1. The van der Waals surface area contributed by atoms with E-state index in [1.165, 1.54) is 0 Å². The van der Waals surface area contributed by atoms with E-state index >= 15 is 0 Å². The summed E-state index contributed by atoms with van der Waals surface area (Å²) in [5.74, 6) is 2.69. The van der Waals surface area contributed by atoms with E-state index in [1.54, 1.807) is 17.4 Å². The Labute approximate surface area is 136 Å². The van der Waals surface area contributed by atoms with Crippen LogP contribution in [-0.4, -0.2) is 32.5 Å². The summed E-state index contributed by atoms with van der Waals surface area (Å²) in [6.07, 6.45) is 1.11. The van der Waals surface area contributed by atoms with Crippen molar-refractivity contribution >= 4 is 33.1 Å². The molecule has 1 fully saturated rings. The van der Waals surface area contributed by atoms with E-state index < -0.39 is 10.0 Å². The molecule has 120 valence electrons. The zero-order valence-corrected chi connectivity index (χ0v) is 15.3. The van der Waals surface area contributed by atoms with Crippen molar-refractivity contribution < 1.29 is 8.42 Å². The molecular weight excluding hydrogens is 324 g/mol. The first-order valence-corrected chi connectivity index (χ1v) is 10.7. The quantitative estimate of drug-likeness (QED) is 0.795. The zero-order valence-electron chi connectivity index (χ0n) is 12.8. The molecule has 1 aromatic rings. The van der Waals surface area contributed by atoms with Gasteiger partial charge in [-0.3, -0.25) is 0 Å². The fourth-order valence-electron chi connectivity index (χ4n) is 2.23. The largest absolute Gasteiger partial charge is 0.310 e. The van der Waals surface area contributed by atoms with Gasteiger partial charge in [-0.05, 0) is 36.8 Å². The summed E-state index contributed by atoms with van der Waals surface area (Å²) in [6, 6.07) is 2.20. The predicted molar refractivity (Wildman–Crippen MR) is 91.7 cm³/mol. The minimum Gasteiger partial charge on any atom is -0.310 e. The molecule has 2 heterocycles. The monoisotopic (exact) mass is 348 g/mol. The lowest BCUT2D eigenvalue weighted by molar-refractivity contribution is 0.545. The van der Waals surface area contributed by atoms with Crippen molar-refractivity contribution in [3.63, 3.8) is 0 Å². The van der Waals surface area contributed by atoms with Crippen molar-refractivity contribution in [2.75, 3.05) is 18.1 Å². The van der Waals surface area contributed by atoms with E-state index in [0.717, 1.165) is 34.2 Å². The van der Waals surface area contributed by atoms with Crippen LogP contribution in [-0.2, 0) is 16.6 Å². The van der Waals surface area contributed by atoms with Crippen molar-refractivity contribution in [3.8, 4) is 0 Å². The van der Waals surface area contributed by atoms with Crippen LogP contribution in [0.3, 0.4) is 0 Å². The Morgan fingerprint density at radius 3 is 2.81 bits per heavy atom. The molecule has 1 unspecified atom stereocenters. The number of hydrogen-bond donors (Lipinski definition) is 2. The van der Waals surface area contributed by atoms with Crippen LogP contribution in [0.5, 0.6) is 0 Å². The van der Waals surface area contributed by atoms with Gasteiger partial charge in [-0.25, -0.2) is 13.1 Å². The molecule has 0 radical (unpaired) electrons. The summed E-state index contributed by atoms with van der Waals surface area (Å²) in [5, 5.41) is 3.32. The first-order valence-electron chi connectivity index (χ1n) is 7.28.